The summed E-state index contributed by atoms with van der Waals surface area (Å²) >= 11 is 2.67. The van der Waals surface area contributed by atoms with Gasteiger partial charge in [-0.3, -0.25) is 14.2 Å². The Morgan fingerprint density at radius 1 is 1.46 bits per heavy atom. The summed E-state index contributed by atoms with van der Waals surface area (Å²) in [6.45, 7) is 5.80. The van der Waals surface area contributed by atoms with Gasteiger partial charge in [-0.15, -0.1) is 11.8 Å². The van der Waals surface area contributed by atoms with Gasteiger partial charge in [0.25, 0.3) is 5.56 Å². The van der Waals surface area contributed by atoms with Gasteiger partial charge in [0.15, 0.2) is 5.16 Å². The number of halogens is 1. The Labute approximate surface area is 159 Å². The van der Waals surface area contributed by atoms with Gasteiger partial charge in [-0.25, -0.2) is 9.37 Å². The Bertz CT molecular complexity index is 883. The first-order chi connectivity index (χ1) is 12.4. The van der Waals surface area contributed by atoms with Crippen molar-refractivity contribution in [3.8, 4) is 5.69 Å². The molecular weight excluding hydrogens is 375 g/mol. The number of hydrogen-bond acceptors (Lipinski definition) is 6. The summed E-state index contributed by atoms with van der Waals surface area (Å²) in [5.74, 6) is -0.742. The van der Waals surface area contributed by atoms with E-state index in [0.717, 1.165) is 5.69 Å². The molecule has 2 atom stereocenters. The zero-order valence-corrected chi connectivity index (χ0v) is 16.3. The quantitative estimate of drug-likeness (QED) is 0.440. The van der Waals surface area contributed by atoms with E-state index in [1.807, 2.05) is 6.92 Å². The summed E-state index contributed by atoms with van der Waals surface area (Å²) in [5, 5.41) is 0.170. The van der Waals surface area contributed by atoms with Crippen molar-refractivity contribution in [2.75, 3.05) is 6.61 Å². The molecule has 5 nitrogen and oxygen atoms in total. The summed E-state index contributed by atoms with van der Waals surface area (Å²) in [7, 11) is 0. The molecule has 0 amide bonds. The van der Waals surface area contributed by atoms with Crippen molar-refractivity contribution in [3.63, 3.8) is 0 Å². The topological polar surface area (TPSA) is 61.2 Å². The molecule has 0 radical (unpaired) electrons. The van der Waals surface area contributed by atoms with Gasteiger partial charge in [0.05, 0.1) is 22.9 Å². The van der Waals surface area contributed by atoms with Crippen molar-refractivity contribution in [1.29, 1.82) is 0 Å². The molecule has 0 unspecified atom stereocenters. The second-order valence-corrected chi connectivity index (χ2v) is 8.69. The number of rotatable bonds is 5. The molecule has 0 N–H and O–H groups in total. The lowest BCUT2D eigenvalue weighted by Crippen LogP contribution is -2.26. The largest absolute Gasteiger partial charge is 0.465 e. The number of esters is 1. The minimum absolute atomic E-state index is 0.186. The maximum atomic E-state index is 13.3. The number of hydrogen-bond donors (Lipinski definition) is 0. The Morgan fingerprint density at radius 3 is 2.81 bits per heavy atom. The SMILES string of the molecule is CCOC(=O)[C@@H](C)Sc1nc2c(c(=O)n1-c1ccc(F)cc1)S[C@H](C)C2. The van der Waals surface area contributed by atoms with Crippen LogP contribution < -0.4 is 5.56 Å². The molecule has 0 spiro atoms. The fourth-order valence-electron chi connectivity index (χ4n) is 2.66. The molecule has 0 bridgehead atoms. The Kier molecular flexibility index (Phi) is 5.72. The highest BCUT2D eigenvalue weighted by molar-refractivity contribution is 8.00. The molecule has 0 fully saturated rings. The van der Waals surface area contributed by atoms with Crippen LogP contribution in [-0.4, -0.2) is 32.6 Å². The summed E-state index contributed by atoms with van der Waals surface area (Å²) in [4.78, 5) is 30.3. The summed E-state index contributed by atoms with van der Waals surface area (Å²) < 4.78 is 19.8. The Hall–Kier alpha value is -1.80. The molecule has 1 aliphatic heterocycles. The molecule has 1 aliphatic rings. The monoisotopic (exact) mass is 394 g/mol. The van der Waals surface area contributed by atoms with Crippen LogP contribution in [0, 0.1) is 5.82 Å². The molecular formula is C18H19FN2O3S2. The van der Waals surface area contributed by atoms with Gasteiger partial charge in [-0.1, -0.05) is 18.7 Å². The average molecular weight is 394 g/mol. The minimum atomic E-state index is -0.516. The van der Waals surface area contributed by atoms with Crippen LogP contribution in [0.3, 0.4) is 0 Å². The standard InChI is InChI=1S/C18H19FN2O3S2/c1-4-24-17(23)11(3)26-18-20-14-9-10(2)25-15(14)16(22)21(18)13-7-5-12(19)6-8-13/h5-8,10-11H,4,9H2,1-3H3/t10-,11-/m1/s1. The maximum Gasteiger partial charge on any atom is 0.319 e. The molecule has 26 heavy (non-hydrogen) atoms. The van der Waals surface area contributed by atoms with Gasteiger partial charge in [-0.2, -0.15) is 0 Å². The van der Waals surface area contributed by atoms with Crippen molar-refractivity contribution in [2.24, 2.45) is 0 Å². The number of nitrogens with zero attached hydrogens (tertiary/aromatic N) is 2. The predicted octanol–water partition coefficient (Wildman–Crippen LogP) is 3.45. The normalized spacial score (nSPS) is 17.0. The van der Waals surface area contributed by atoms with E-state index in [2.05, 4.69) is 4.98 Å². The molecule has 3 rings (SSSR count). The Balaban J connectivity index is 2.08. The molecule has 0 saturated heterocycles. The summed E-state index contributed by atoms with van der Waals surface area (Å²) in [6, 6.07) is 5.67. The number of carbonyl (C=O) groups excluding carboxylic acids is 1. The fourth-order valence-corrected chi connectivity index (χ4v) is 4.70. The second-order valence-electron chi connectivity index (χ2n) is 5.93. The average Bonchev–Trinajstić information content (AvgIpc) is 2.97. The molecule has 0 aliphatic carbocycles. The lowest BCUT2D eigenvalue weighted by Gasteiger charge is -2.16. The van der Waals surface area contributed by atoms with Crippen molar-refractivity contribution >= 4 is 29.5 Å². The van der Waals surface area contributed by atoms with Crippen molar-refractivity contribution in [2.45, 2.75) is 47.7 Å². The van der Waals surface area contributed by atoms with Crippen LogP contribution in [-0.2, 0) is 16.0 Å². The molecule has 1 aromatic heterocycles. The third kappa shape index (κ3) is 3.81. The fraction of sp³-hybridized carbons (Fsp3) is 0.389. The zero-order chi connectivity index (χ0) is 18.8. The third-order valence-corrected chi connectivity index (χ3v) is 6.11. The van der Waals surface area contributed by atoms with E-state index >= 15 is 0 Å². The van der Waals surface area contributed by atoms with Gasteiger partial charge in [0.2, 0.25) is 0 Å². The van der Waals surface area contributed by atoms with Crippen LogP contribution in [0.15, 0.2) is 39.1 Å². The summed E-state index contributed by atoms with van der Waals surface area (Å²) in [6.07, 6.45) is 0.709. The highest BCUT2D eigenvalue weighted by Crippen LogP contribution is 2.35. The van der Waals surface area contributed by atoms with E-state index in [0.29, 0.717) is 28.8 Å². The van der Waals surface area contributed by atoms with Crippen LogP contribution in [0.1, 0.15) is 26.5 Å². The van der Waals surface area contributed by atoms with Gasteiger partial charge in [-0.05, 0) is 38.1 Å². The molecule has 8 heteroatoms. The lowest BCUT2D eigenvalue weighted by atomic mass is 10.2. The molecule has 0 saturated carbocycles. The first-order valence-corrected chi connectivity index (χ1v) is 10.1. The first-order valence-electron chi connectivity index (χ1n) is 8.32. The van der Waals surface area contributed by atoms with E-state index in [4.69, 9.17) is 4.74 Å². The van der Waals surface area contributed by atoms with Gasteiger partial charge in [0.1, 0.15) is 11.1 Å². The third-order valence-electron chi connectivity index (χ3n) is 3.87. The zero-order valence-electron chi connectivity index (χ0n) is 14.7. The molecule has 2 aromatic rings. The summed E-state index contributed by atoms with van der Waals surface area (Å²) in [5.41, 5.74) is 1.09. The van der Waals surface area contributed by atoms with E-state index in [-0.39, 0.29) is 22.6 Å². The molecule has 1 aromatic carbocycles. The van der Waals surface area contributed by atoms with E-state index < -0.39 is 5.25 Å². The minimum Gasteiger partial charge on any atom is -0.465 e. The Morgan fingerprint density at radius 2 is 2.15 bits per heavy atom. The van der Waals surface area contributed by atoms with Crippen molar-refractivity contribution in [1.82, 2.24) is 9.55 Å². The predicted molar refractivity (Wildman–Crippen MR) is 101 cm³/mol. The van der Waals surface area contributed by atoms with Crippen LogP contribution in [0.5, 0.6) is 0 Å². The van der Waals surface area contributed by atoms with Gasteiger partial charge in [0, 0.05) is 11.7 Å². The number of aromatic nitrogens is 2. The van der Waals surface area contributed by atoms with Crippen LogP contribution in [0.2, 0.25) is 0 Å². The highest BCUT2D eigenvalue weighted by Gasteiger charge is 2.28. The number of fused-ring (bicyclic) bond motifs is 1. The van der Waals surface area contributed by atoms with Crippen LogP contribution in [0.4, 0.5) is 4.39 Å². The van der Waals surface area contributed by atoms with Crippen molar-refractivity contribution < 1.29 is 13.9 Å². The van der Waals surface area contributed by atoms with E-state index in [1.165, 1.54) is 52.4 Å². The molecule has 138 valence electrons. The number of carbonyl (C=O) groups is 1. The van der Waals surface area contributed by atoms with Crippen LogP contribution >= 0.6 is 23.5 Å². The second kappa shape index (κ2) is 7.84. The van der Waals surface area contributed by atoms with Crippen LogP contribution in [0.25, 0.3) is 5.69 Å². The van der Waals surface area contributed by atoms with Crippen molar-refractivity contribution in [3.05, 3.63) is 46.1 Å². The van der Waals surface area contributed by atoms with Gasteiger partial charge >= 0.3 is 5.97 Å². The maximum absolute atomic E-state index is 13.3. The smallest absolute Gasteiger partial charge is 0.319 e. The van der Waals surface area contributed by atoms with E-state index in [9.17, 15) is 14.0 Å². The lowest BCUT2D eigenvalue weighted by molar-refractivity contribution is -0.142. The first kappa shape index (κ1) is 19.0. The number of thioether (sulfide) groups is 2. The number of benzene rings is 1. The van der Waals surface area contributed by atoms with Gasteiger partial charge < -0.3 is 4.74 Å². The highest BCUT2D eigenvalue weighted by atomic mass is 32.2. The number of ether oxygens (including phenoxy) is 1. The van der Waals surface area contributed by atoms with E-state index in [1.54, 1.807) is 13.8 Å². The molecule has 2 heterocycles.